The van der Waals surface area contributed by atoms with Gasteiger partial charge in [0.15, 0.2) is 0 Å². The number of nitrogens with zero attached hydrogens (tertiary/aromatic N) is 1. The summed E-state index contributed by atoms with van der Waals surface area (Å²) in [5.74, 6) is -1.04. The molecule has 0 saturated carbocycles. The van der Waals surface area contributed by atoms with Gasteiger partial charge < -0.3 is 15.3 Å². The molecule has 0 aromatic rings. The second kappa shape index (κ2) is 5.69. The Morgan fingerprint density at radius 1 is 1.44 bits per heavy atom. The number of hydrogen-bond donors (Lipinski definition) is 2. The van der Waals surface area contributed by atoms with E-state index in [1.54, 1.807) is 13.8 Å². The number of carbonyl (C=O) groups is 2. The SMILES string of the molecule is CCN(C(=O)C1CCNC(C)C1)C(C)(C)C(=O)O. The minimum absolute atomic E-state index is 0.0294. The molecule has 18 heavy (non-hydrogen) atoms. The predicted octanol–water partition coefficient (Wildman–Crippen LogP) is 1.09. The zero-order valence-electron chi connectivity index (χ0n) is 11.7. The number of carboxylic acid groups (broad SMARTS) is 1. The maximum atomic E-state index is 12.5. The van der Waals surface area contributed by atoms with E-state index < -0.39 is 11.5 Å². The summed E-state index contributed by atoms with van der Waals surface area (Å²) in [6, 6.07) is 0.319. The molecule has 0 bridgehead atoms. The van der Waals surface area contributed by atoms with E-state index in [4.69, 9.17) is 0 Å². The smallest absolute Gasteiger partial charge is 0.329 e. The lowest BCUT2D eigenvalue weighted by atomic mass is 9.90. The molecule has 5 nitrogen and oxygen atoms in total. The van der Waals surface area contributed by atoms with Crippen molar-refractivity contribution in [1.82, 2.24) is 10.2 Å². The van der Waals surface area contributed by atoms with Crippen LogP contribution >= 0.6 is 0 Å². The first-order valence-electron chi connectivity index (χ1n) is 6.59. The number of likely N-dealkylation sites (N-methyl/N-ethyl adjacent to an activating group) is 1. The van der Waals surface area contributed by atoms with Crippen molar-refractivity contribution >= 4 is 11.9 Å². The fourth-order valence-electron chi connectivity index (χ4n) is 2.52. The van der Waals surface area contributed by atoms with E-state index in [0.29, 0.717) is 12.6 Å². The van der Waals surface area contributed by atoms with E-state index in [1.165, 1.54) is 4.90 Å². The van der Waals surface area contributed by atoms with E-state index in [-0.39, 0.29) is 11.8 Å². The molecule has 1 aliphatic heterocycles. The van der Waals surface area contributed by atoms with Crippen LogP contribution in [0.25, 0.3) is 0 Å². The lowest BCUT2D eigenvalue weighted by Crippen LogP contribution is -2.56. The van der Waals surface area contributed by atoms with Gasteiger partial charge in [-0.2, -0.15) is 0 Å². The first-order valence-corrected chi connectivity index (χ1v) is 6.59. The van der Waals surface area contributed by atoms with E-state index in [1.807, 2.05) is 6.92 Å². The van der Waals surface area contributed by atoms with Crippen LogP contribution in [0.3, 0.4) is 0 Å². The largest absolute Gasteiger partial charge is 0.480 e. The molecule has 1 saturated heterocycles. The predicted molar refractivity (Wildman–Crippen MR) is 69.3 cm³/mol. The van der Waals surface area contributed by atoms with Crippen molar-refractivity contribution < 1.29 is 14.7 Å². The van der Waals surface area contributed by atoms with Crippen molar-refractivity contribution in [2.24, 2.45) is 5.92 Å². The Bertz CT molecular complexity index is 328. The number of carboxylic acids is 1. The summed E-state index contributed by atoms with van der Waals surface area (Å²) < 4.78 is 0. The molecule has 0 spiro atoms. The van der Waals surface area contributed by atoms with Gasteiger partial charge in [0.2, 0.25) is 5.91 Å². The summed E-state index contributed by atoms with van der Waals surface area (Å²) in [6.07, 6.45) is 1.57. The van der Waals surface area contributed by atoms with Gasteiger partial charge in [0.05, 0.1) is 0 Å². The summed E-state index contributed by atoms with van der Waals surface area (Å²) >= 11 is 0. The van der Waals surface area contributed by atoms with Crippen LogP contribution in [-0.2, 0) is 9.59 Å². The quantitative estimate of drug-likeness (QED) is 0.790. The van der Waals surface area contributed by atoms with Crippen LogP contribution in [0, 0.1) is 5.92 Å². The molecule has 1 heterocycles. The van der Waals surface area contributed by atoms with Crippen molar-refractivity contribution in [3.8, 4) is 0 Å². The van der Waals surface area contributed by atoms with Gasteiger partial charge in [0, 0.05) is 18.5 Å². The van der Waals surface area contributed by atoms with Crippen molar-refractivity contribution in [2.75, 3.05) is 13.1 Å². The maximum Gasteiger partial charge on any atom is 0.329 e. The van der Waals surface area contributed by atoms with Crippen LogP contribution < -0.4 is 5.32 Å². The first-order chi connectivity index (χ1) is 8.30. The Labute approximate surface area is 109 Å². The van der Waals surface area contributed by atoms with E-state index in [2.05, 4.69) is 12.2 Å². The number of aliphatic carboxylic acids is 1. The van der Waals surface area contributed by atoms with Crippen LogP contribution in [0.4, 0.5) is 0 Å². The third kappa shape index (κ3) is 3.02. The number of piperidine rings is 1. The first kappa shape index (κ1) is 15.0. The summed E-state index contributed by atoms with van der Waals surface area (Å²) in [4.78, 5) is 25.2. The Hall–Kier alpha value is -1.10. The van der Waals surface area contributed by atoms with Gasteiger partial charge in [0.1, 0.15) is 5.54 Å². The van der Waals surface area contributed by atoms with Crippen molar-refractivity contribution in [1.29, 1.82) is 0 Å². The van der Waals surface area contributed by atoms with Gasteiger partial charge in [-0.15, -0.1) is 0 Å². The molecule has 1 aliphatic rings. The van der Waals surface area contributed by atoms with E-state index in [0.717, 1.165) is 19.4 Å². The zero-order chi connectivity index (χ0) is 13.9. The third-order valence-electron chi connectivity index (χ3n) is 3.75. The molecule has 5 heteroatoms. The molecule has 0 aromatic heterocycles. The fraction of sp³-hybridized carbons (Fsp3) is 0.846. The summed E-state index contributed by atoms with van der Waals surface area (Å²) in [6.45, 7) is 8.30. The van der Waals surface area contributed by atoms with Crippen LogP contribution in [0.5, 0.6) is 0 Å². The van der Waals surface area contributed by atoms with Crippen molar-refractivity contribution in [2.45, 2.75) is 52.1 Å². The normalized spacial score (nSPS) is 24.7. The average Bonchev–Trinajstić information content (AvgIpc) is 2.29. The summed E-state index contributed by atoms with van der Waals surface area (Å²) in [5, 5.41) is 12.5. The number of nitrogens with one attached hydrogen (secondary N) is 1. The summed E-state index contributed by atoms with van der Waals surface area (Å²) in [5.41, 5.74) is -1.14. The van der Waals surface area contributed by atoms with Gasteiger partial charge in [-0.1, -0.05) is 0 Å². The Kier molecular flexibility index (Phi) is 4.73. The molecule has 0 aliphatic carbocycles. The van der Waals surface area contributed by atoms with Gasteiger partial charge in [-0.3, -0.25) is 4.79 Å². The molecule has 1 rings (SSSR count). The lowest BCUT2D eigenvalue weighted by molar-refractivity contribution is -0.159. The van der Waals surface area contributed by atoms with Gasteiger partial charge >= 0.3 is 5.97 Å². The van der Waals surface area contributed by atoms with Crippen molar-refractivity contribution in [3.63, 3.8) is 0 Å². The van der Waals surface area contributed by atoms with Crippen LogP contribution in [0.2, 0.25) is 0 Å². The second-order valence-corrected chi connectivity index (χ2v) is 5.52. The number of hydrogen-bond acceptors (Lipinski definition) is 3. The molecule has 2 unspecified atom stereocenters. The summed E-state index contributed by atoms with van der Waals surface area (Å²) in [7, 11) is 0. The highest BCUT2D eigenvalue weighted by atomic mass is 16.4. The van der Waals surface area contributed by atoms with E-state index >= 15 is 0 Å². The Morgan fingerprint density at radius 3 is 2.50 bits per heavy atom. The third-order valence-corrected chi connectivity index (χ3v) is 3.75. The lowest BCUT2D eigenvalue weighted by Gasteiger charge is -2.38. The minimum Gasteiger partial charge on any atom is -0.480 e. The van der Waals surface area contributed by atoms with Gasteiger partial charge in [-0.05, 0) is 47.1 Å². The maximum absolute atomic E-state index is 12.5. The molecule has 0 radical (unpaired) electrons. The van der Waals surface area contributed by atoms with Crippen LogP contribution in [0.15, 0.2) is 0 Å². The molecule has 2 atom stereocenters. The molecule has 104 valence electrons. The Morgan fingerprint density at radius 2 is 2.06 bits per heavy atom. The molecular formula is C13H24N2O3. The molecule has 1 fully saturated rings. The van der Waals surface area contributed by atoms with Gasteiger partial charge in [-0.25, -0.2) is 4.79 Å². The fourth-order valence-corrected chi connectivity index (χ4v) is 2.52. The molecule has 0 aromatic carbocycles. The number of rotatable bonds is 4. The Balaban J connectivity index is 2.82. The topological polar surface area (TPSA) is 69.6 Å². The standard InChI is InChI=1S/C13H24N2O3/c1-5-15(13(3,4)12(17)18)11(16)10-6-7-14-9(2)8-10/h9-10,14H,5-8H2,1-4H3,(H,17,18). The number of carbonyl (C=O) groups excluding carboxylic acids is 1. The highest BCUT2D eigenvalue weighted by molar-refractivity contribution is 5.87. The zero-order valence-corrected chi connectivity index (χ0v) is 11.7. The van der Waals surface area contributed by atoms with Crippen molar-refractivity contribution in [3.05, 3.63) is 0 Å². The number of amides is 1. The minimum atomic E-state index is -1.14. The monoisotopic (exact) mass is 256 g/mol. The van der Waals surface area contributed by atoms with Gasteiger partial charge in [0.25, 0.3) is 0 Å². The highest BCUT2D eigenvalue weighted by Crippen LogP contribution is 2.23. The average molecular weight is 256 g/mol. The molecule has 1 amide bonds. The van der Waals surface area contributed by atoms with Crippen LogP contribution in [-0.4, -0.2) is 46.6 Å². The van der Waals surface area contributed by atoms with Crippen LogP contribution in [0.1, 0.15) is 40.5 Å². The second-order valence-electron chi connectivity index (χ2n) is 5.52. The molecular weight excluding hydrogens is 232 g/mol. The molecule has 2 N–H and O–H groups in total. The highest BCUT2D eigenvalue weighted by Gasteiger charge is 2.40. The van der Waals surface area contributed by atoms with E-state index in [9.17, 15) is 14.7 Å².